The van der Waals surface area contributed by atoms with Crippen molar-refractivity contribution in [3.63, 3.8) is 0 Å². The number of alkyl halides is 4. The van der Waals surface area contributed by atoms with Crippen LogP contribution in [0.25, 0.3) is 0 Å². The topological polar surface area (TPSA) is 35.2 Å². The number of thiophene rings is 1. The van der Waals surface area contributed by atoms with Gasteiger partial charge in [0, 0.05) is 4.88 Å². The molecular weight excluding hydrogens is 246 g/mol. The molecule has 1 aromatic rings. The van der Waals surface area contributed by atoms with Crippen molar-refractivity contribution >= 4 is 11.3 Å². The molecule has 0 aliphatic heterocycles. The van der Waals surface area contributed by atoms with Crippen molar-refractivity contribution in [1.82, 2.24) is 0 Å². The SMILES string of the molecule is NC(COCC(F)(F)C(F)F)c1cccs1. The van der Waals surface area contributed by atoms with Gasteiger partial charge in [0.25, 0.3) is 0 Å². The molecule has 92 valence electrons. The summed E-state index contributed by atoms with van der Waals surface area (Å²) in [6, 6.07) is 2.92. The highest BCUT2D eigenvalue weighted by Crippen LogP contribution is 2.24. The molecule has 0 radical (unpaired) electrons. The first-order valence-corrected chi connectivity index (χ1v) is 5.34. The summed E-state index contributed by atoms with van der Waals surface area (Å²) in [4.78, 5) is 0.764. The standard InChI is InChI=1S/C9H11F4NOS/c10-8(11)9(12,13)5-15-4-6(14)7-2-1-3-16-7/h1-3,6,8H,4-5,14H2. The fourth-order valence-corrected chi connectivity index (χ4v) is 1.68. The van der Waals surface area contributed by atoms with E-state index < -0.39 is 25.0 Å². The second kappa shape index (κ2) is 5.60. The van der Waals surface area contributed by atoms with Crippen LogP contribution in [0.2, 0.25) is 0 Å². The minimum Gasteiger partial charge on any atom is -0.373 e. The highest BCUT2D eigenvalue weighted by Gasteiger charge is 2.41. The Labute approximate surface area is 94.0 Å². The van der Waals surface area contributed by atoms with Crippen LogP contribution in [0.5, 0.6) is 0 Å². The summed E-state index contributed by atoms with van der Waals surface area (Å²) in [5.41, 5.74) is 5.60. The van der Waals surface area contributed by atoms with Gasteiger partial charge in [-0.05, 0) is 11.4 Å². The van der Waals surface area contributed by atoms with E-state index in [4.69, 9.17) is 5.73 Å². The molecule has 1 aromatic heterocycles. The second-order valence-electron chi connectivity index (χ2n) is 3.20. The maximum absolute atomic E-state index is 12.4. The molecule has 1 rings (SSSR count). The molecule has 0 amide bonds. The van der Waals surface area contributed by atoms with Crippen molar-refractivity contribution in [3.8, 4) is 0 Å². The van der Waals surface area contributed by atoms with Gasteiger partial charge in [-0.1, -0.05) is 6.07 Å². The molecule has 2 nitrogen and oxygen atoms in total. The molecule has 1 atom stereocenters. The maximum atomic E-state index is 12.4. The first-order chi connectivity index (χ1) is 7.43. The lowest BCUT2D eigenvalue weighted by atomic mass is 10.3. The minimum absolute atomic E-state index is 0.206. The van der Waals surface area contributed by atoms with Crippen molar-refractivity contribution < 1.29 is 22.3 Å². The van der Waals surface area contributed by atoms with Gasteiger partial charge in [-0.15, -0.1) is 11.3 Å². The fourth-order valence-electron chi connectivity index (χ4n) is 0.969. The van der Waals surface area contributed by atoms with Gasteiger partial charge in [0.1, 0.15) is 6.61 Å². The molecule has 0 saturated heterocycles. The van der Waals surface area contributed by atoms with Gasteiger partial charge in [0.05, 0.1) is 12.6 Å². The zero-order chi connectivity index (χ0) is 12.2. The summed E-state index contributed by atoms with van der Waals surface area (Å²) in [5.74, 6) is -4.12. The predicted molar refractivity (Wildman–Crippen MR) is 53.0 cm³/mol. The van der Waals surface area contributed by atoms with E-state index in [-0.39, 0.29) is 6.61 Å². The third-order valence-electron chi connectivity index (χ3n) is 1.82. The van der Waals surface area contributed by atoms with Crippen LogP contribution in [0.1, 0.15) is 10.9 Å². The third-order valence-corrected chi connectivity index (χ3v) is 2.82. The van der Waals surface area contributed by atoms with E-state index in [2.05, 4.69) is 4.74 Å². The van der Waals surface area contributed by atoms with Crippen molar-refractivity contribution in [3.05, 3.63) is 22.4 Å². The number of hydrogen-bond acceptors (Lipinski definition) is 3. The first-order valence-electron chi connectivity index (χ1n) is 4.46. The summed E-state index contributed by atoms with van der Waals surface area (Å²) in [6.07, 6.45) is -3.72. The van der Waals surface area contributed by atoms with Gasteiger partial charge < -0.3 is 10.5 Å². The minimum atomic E-state index is -4.12. The highest BCUT2D eigenvalue weighted by atomic mass is 32.1. The largest absolute Gasteiger partial charge is 0.373 e. The van der Waals surface area contributed by atoms with Gasteiger partial charge in [-0.25, -0.2) is 8.78 Å². The fraction of sp³-hybridized carbons (Fsp3) is 0.556. The van der Waals surface area contributed by atoms with E-state index in [0.29, 0.717) is 0 Å². The Balaban J connectivity index is 2.31. The lowest BCUT2D eigenvalue weighted by molar-refractivity contribution is -0.166. The molecule has 1 heterocycles. The predicted octanol–water partition coefficient (Wildman–Crippen LogP) is 2.66. The van der Waals surface area contributed by atoms with Crippen molar-refractivity contribution in [2.75, 3.05) is 13.2 Å². The smallest absolute Gasteiger partial charge is 0.330 e. The van der Waals surface area contributed by atoms with Crippen molar-refractivity contribution in [1.29, 1.82) is 0 Å². The van der Waals surface area contributed by atoms with E-state index in [1.807, 2.05) is 0 Å². The molecule has 0 aromatic carbocycles. The number of nitrogens with two attached hydrogens (primary N) is 1. The summed E-state index contributed by atoms with van der Waals surface area (Å²) >= 11 is 1.35. The summed E-state index contributed by atoms with van der Waals surface area (Å²) < 4.78 is 52.9. The van der Waals surface area contributed by atoms with Crippen LogP contribution >= 0.6 is 11.3 Å². The molecule has 1 unspecified atom stereocenters. The van der Waals surface area contributed by atoms with Gasteiger partial charge >= 0.3 is 12.3 Å². The van der Waals surface area contributed by atoms with Crippen LogP contribution in [-0.2, 0) is 4.74 Å². The first kappa shape index (κ1) is 13.4. The van der Waals surface area contributed by atoms with E-state index in [9.17, 15) is 17.6 Å². The van der Waals surface area contributed by atoms with E-state index in [1.54, 1.807) is 17.5 Å². The Morgan fingerprint density at radius 2 is 2.12 bits per heavy atom. The normalized spacial score (nSPS) is 14.4. The van der Waals surface area contributed by atoms with Crippen LogP contribution in [0.15, 0.2) is 17.5 Å². The summed E-state index contributed by atoms with van der Waals surface area (Å²) in [6.45, 7) is -1.52. The number of hydrogen-bond donors (Lipinski definition) is 1. The average molecular weight is 257 g/mol. The second-order valence-corrected chi connectivity index (χ2v) is 4.18. The van der Waals surface area contributed by atoms with Crippen LogP contribution in [0.4, 0.5) is 17.6 Å². The zero-order valence-electron chi connectivity index (χ0n) is 8.21. The molecule has 0 saturated carbocycles. The lowest BCUT2D eigenvalue weighted by Crippen LogP contribution is -2.33. The van der Waals surface area contributed by atoms with E-state index in [1.165, 1.54) is 11.3 Å². The summed E-state index contributed by atoms with van der Waals surface area (Å²) in [7, 11) is 0. The molecule has 0 bridgehead atoms. The zero-order valence-corrected chi connectivity index (χ0v) is 9.02. The van der Waals surface area contributed by atoms with Crippen LogP contribution in [0, 0.1) is 0 Å². The lowest BCUT2D eigenvalue weighted by Gasteiger charge is -2.16. The third kappa shape index (κ3) is 3.73. The van der Waals surface area contributed by atoms with Crippen LogP contribution in [-0.4, -0.2) is 25.6 Å². The highest BCUT2D eigenvalue weighted by molar-refractivity contribution is 7.10. The Morgan fingerprint density at radius 1 is 1.44 bits per heavy atom. The van der Waals surface area contributed by atoms with Gasteiger partial charge in [-0.2, -0.15) is 8.78 Å². The van der Waals surface area contributed by atoms with Gasteiger partial charge in [0.2, 0.25) is 0 Å². The molecule has 0 aliphatic carbocycles. The Hall–Kier alpha value is -0.660. The Bertz CT molecular complexity index is 304. The van der Waals surface area contributed by atoms with E-state index >= 15 is 0 Å². The van der Waals surface area contributed by atoms with Gasteiger partial charge in [0.15, 0.2) is 0 Å². The molecule has 2 N–H and O–H groups in total. The Morgan fingerprint density at radius 3 is 2.62 bits per heavy atom. The van der Waals surface area contributed by atoms with Crippen molar-refractivity contribution in [2.45, 2.75) is 18.4 Å². The molecular formula is C9H11F4NOS. The molecule has 0 aliphatic rings. The van der Waals surface area contributed by atoms with Crippen molar-refractivity contribution in [2.24, 2.45) is 5.73 Å². The number of ether oxygens (including phenoxy) is 1. The molecule has 0 fully saturated rings. The maximum Gasteiger partial charge on any atom is 0.330 e. The molecule has 0 spiro atoms. The monoisotopic (exact) mass is 257 g/mol. The number of halogens is 4. The quantitative estimate of drug-likeness (QED) is 0.795. The van der Waals surface area contributed by atoms with Gasteiger partial charge in [-0.3, -0.25) is 0 Å². The number of rotatable bonds is 6. The van der Waals surface area contributed by atoms with Crippen LogP contribution < -0.4 is 5.73 Å². The molecule has 16 heavy (non-hydrogen) atoms. The molecule has 7 heteroatoms. The van der Waals surface area contributed by atoms with E-state index in [0.717, 1.165) is 4.88 Å². The average Bonchev–Trinajstić information content (AvgIpc) is 2.69. The summed E-state index contributed by atoms with van der Waals surface area (Å²) in [5, 5.41) is 1.78. The Kier molecular flexibility index (Phi) is 4.69. The van der Waals surface area contributed by atoms with Crippen LogP contribution in [0.3, 0.4) is 0 Å².